The topological polar surface area (TPSA) is 99.6 Å². The van der Waals surface area contributed by atoms with Gasteiger partial charge in [0.1, 0.15) is 17.2 Å². The summed E-state index contributed by atoms with van der Waals surface area (Å²) in [4.78, 5) is 8.48. The molecule has 0 unspecified atom stereocenters. The van der Waals surface area contributed by atoms with E-state index in [9.17, 15) is 5.11 Å². The van der Waals surface area contributed by atoms with E-state index in [1.54, 1.807) is 24.3 Å². The van der Waals surface area contributed by atoms with E-state index in [1.807, 2.05) is 6.07 Å². The molecule has 1 saturated carbocycles. The van der Waals surface area contributed by atoms with Crippen molar-refractivity contribution in [2.75, 3.05) is 17.6 Å². The molecule has 0 atom stereocenters. The Hall–Kier alpha value is -1.67. The first-order chi connectivity index (χ1) is 9.81. The fourth-order valence-corrected chi connectivity index (χ4v) is 2.76. The van der Waals surface area contributed by atoms with E-state index < -0.39 is 0 Å². The Morgan fingerprint density at radius 3 is 3.05 bits per heavy atom. The molecule has 3 rings (SSSR count). The molecule has 0 amide bonds. The highest BCUT2D eigenvalue weighted by atomic mass is 32.2. The number of nitrogens with zero attached hydrogens (tertiary/aromatic N) is 4. The van der Waals surface area contributed by atoms with Gasteiger partial charge in [0.25, 0.3) is 0 Å². The number of aromatic amines is 1. The van der Waals surface area contributed by atoms with Gasteiger partial charge in [0.15, 0.2) is 0 Å². The molecule has 1 aliphatic carbocycles. The maximum Gasteiger partial charge on any atom is 0.138 e. The lowest BCUT2D eigenvalue weighted by molar-refractivity contribution is 0.0732. The Balaban J connectivity index is 1.46. The highest BCUT2D eigenvalue weighted by Gasteiger charge is 2.29. The van der Waals surface area contributed by atoms with Crippen molar-refractivity contribution >= 4 is 17.6 Å². The average Bonchev–Trinajstić information content (AvgIpc) is 2.94. The number of aromatic nitrogens is 5. The van der Waals surface area contributed by atoms with Crippen LogP contribution in [0.15, 0.2) is 23.6 Å². The van der Waals surface area contributed by atoms with Crippen molar-refractivity contribution in [1.82, 2.24) is 25.4 Å². The van der Waals surface area contributed by atoms with Crippen LogP contribution in [0.5, 0.6) is 0 Å². The van der Waals surface area contributed by atoms with E-state index in [1.165, 1.54) is 0 Å². The number of H-pyrrole nitrogens is 1. The molecule has 8 heteroatoms. The van der Waals surface area contributed by atoms with E-state index in [0.29, 0.717) is 5.92 Å². The van der Waals surface area contributed by atoms with Crippen LogP contribution in [0.2, 0.25) is 0 Å². The predicted octanol–water partition coefficient (Wildman–Crippen LogP) is 1.04. The van der Waals surface area contributed by atoms with Gasteiger partial charge in [0.05, 0.1) is 12.3 Å². The quantitative estimate of drug-likeness (QED) is 0.540. The molecule has 1 fully saturated rings. The van der Waals surface area contributed by atoms with Crippen LogP contribution in [0, 0.1) is 0 Å². The van der Waals surface area contributed by atoms with Crippen LogP contribution < -0.4 is 5.32 Å². The maximum absolute atomic E-state index is 9.34. The number of hydrogen-bond acceptors (Lipinski definition) is 7. The summed E-state index contributed by atoms with van der Waals surface area (Å²) in [5, 5.41) is 23.8. The van der Waals surface area contributed by atoms with Gasteiger partial charge in [-0.05, 0) is 12.8 Å². The summed E-state index contributed by atoms with van der Waals surface area (Å²) in [6.07, 6.45) is 4.73. The van der Waals surface area contributed by atoms with E-state index in [0.717, 1.165) is 41.7 Å². The van der Waals surface area contributed by atoms with Gasteiger partial charge >= 0.3 is 0 Å². The Morgan fingerprint density at radius 1 is 1.40 bits per heavy atom. The van der Waals surface area contributed by atoms with Gasteiger partial charge in [0.2, 0.25) is 0 Å². The van der Waals surface area contributed by atoms with Gasteiger partial charge in [-0.15, -0.1) is 16.9 Å². The lowest BCUT2D eigenvalue weighted by atomic mass is 9.80. The number of thioether (sulfide) groups is 1. The van der Waals surface area contributed by atoms with Gasteiger partial charge < -0.3 is 10.4 Å². The number of anilines is 1. The van der Waals surface area contributed by atoms with Crippen molar-refractivity contribution in [3.63, 3.8) is 0 Å². The average molecular weight is 292 g/mol. The normalized spacial score (nSPS) is 21.4. The van der Waals surface area contributed by atoms with Crippen LogP contribution in [0.3, 0.4) is 0 Å². The van der Waals surface area contributed by atoms with Crippen LogP contribution in [-0.2, 0) is 0 Å². The second-order valence-electron chi connectivity index (χ2n) is 4.73. The van der Waals surface area contributed by atoms with E-state index in [-0.39, 0.29) is 6.10 Å². The van der Waals surface area contributed by atoms with E-state index in [2.05, 4.69) is 30.7 Å². The van der Waals surface area contributed by atoms with Gasteiger partial charge in [-0.3, -0.25) is 0 Å². The molecule has 20 heavy (non-hydrogen) atoms. The number of nitrogens with one attached hydrogen (secondary N) is 2. The molecule has 0 aliphatic heterocycles. The molecule has 1 aliphatic rings. The van der Waals surface area contributed by atoms with Gasteiger partial charge in [-0.1, -0.05) is 0 Å². The Bertz CT molecular complexity index is 543. The minimum atomic E-state index is -0.162. The molecule has 106 valence electrons. The summed E-state index contributed by atoms with van der Waals surface area (Å²) in [6.45, 7) is 0.793. The molecular weight excluding hydrogens is 276 g/mol. The third-order valence-electron chi connectivity index (χ3n) is 3.27. The molecule has 2 aromatic heterocycles. The predicted molar refractivity (Wildman–Crippen MR) is 75.6 cm³/mol. The van der Waals surface area contributed by atoms with E-state index in [4.69, 9.17) is 0 Å². The van der Waals surface area contributed by atoms with Crippen LogP contribution in [0.4, 0.5) is 5.82 Å². The molecule has 0 aromatic carbocycles. The monoisotopic (exact) mass is 292 g/mol. The SMILES string of the molecule is OC1CC(c2cc(NCCSc3cn[nH]n3)ncn2)C1. The van der Waals surface area contributed by atoms with Crippen molar-refractivity contribution in [2.45, 2.75) is 29.9 Å². The first-order valence-corrected chi connectivity index (χ1v) is 7.52. The molecule has 2 aromatic rings. The molecule has 2 heterocycles. The first-order valence-electron chi connectivity index (χ1n) is 6.53. The number of aliphatic hydroxyl groups is 1. The van der Waals surface area contributed by atoms with Crippen molar-refractivity contribution < 1.29 is 5.11 Å². The molecular formula is C12H16N6OS. The molecule has 0 saturated heterocycles. The summed E-state index contributed by atoms with van der Waals surface area (Å²) in [5.74, 6) is 2.09. The largest absolute Gasteiger partial charge is 0.393 e. The van der Waals surface area contributed by atoms with Gasteiger partial charge in [-0.2, -0.15) is 10.3 Å². The van der Waals surface area contributed by atoms with Crippen molar-refractivity contribution in [3.05, 3.63) is 24.3 Å². The number of aliphatic hydroxyl groups excluding tert-OH is 1. The number of hydrogen-bond donors (Lipinski definition) is 3. The third-order valence-corrected chi connectivity index (χ3v) is 4.17. The summed E-state index contributed by atoms with van der Waals surface area (Å²) in [7, 11) is 0. The zero-order valence-electron chi connectivity index (χ0n) is 10.9. The lowest BCUT2D eigenvalue weighted by Gasteiger charge is -2.30. The van der Waals surface area contributed by atoms with Crippen molar-refractivity contribution in [2.24, 2.45) is 0 Å². The van der Waals surface area contributed by atoms with Crippen LogP contribution >= 0.6 is 11.8 Å². The summed E-state index contributed by atoms with van der Waals surface area (Å²) >= 11 is 1.63. The number of rotatable bonds is 6. The summed E-state index contributed by atoms with van der Waals surface area (Å²) in [6, 6.07) is 1.97. The van der Waals surface area contributed by atoms with Crippen LogP contribution in [0.1, 0.15) is 24.5 Å². The van der Waals surface area contributed by atoms with Gasteiger partial charge in [-0.25, -0.2) is 9.97 Å². The zero-order chi connectivity index (χ0) is 13.8. The Morgan fingerprint density at radius 2 is 2.30 bits per heavy atom. The van der Waals surface area contributed by atoms with Crippen LogP contribution in [0.25, 0.3) is 0 Å². The fraction of sp³-hybridized carbons (Fsp3) is 0.500. The zero-order valence-corrected chi connectivity index (χ0v) is 11.7. The highest BCUT2D eigenvalue weighted by molar-refractivity contribution is 7.99. The molecule has 3 N–H and O–H groups in total. The molecule has 0 spiro atoms. The van der Waals surface area contributed by atoms with Gasteiger partial charge in [0, 0.05) is 30.0 Å². The van der Waals surface area contributed by atoms with Crippen LogP contribution in [-0.4, -0.2) is 48.9 Å². The maximum atomic E-state index is 9.34. The minimum Gasteiger partial charge on any atom is -0.393 e. The van der Waals surface area contributed by atoms with E-state index >= 15 is 0 Å². The smallest absolute Gasteiger partial charge is 0.138 e. The highest BCUT2D eigenvalue weighted by Crippen LogP contribution is 2.35. The van der Waals surface area contributed by atoms with Crippen molar-refractivity contribution in [3.8, 4) is 0 Å². The summed E-state index contributed by atoms with van der Waals surface area (Å²) < 4.78 is 0. The first kappa shape index (κ1) is 13.3. The molecule has 0 radical (unpaired) electrons. The Labute approximate surface area is 120 Å². The summed E-state index contributed by atoms with van der Waals surface area (Å²) in [5.41, 5.74) is 1.01. The minimum absolute atomic E-state index is 0.162. The standard InChI is InChI=1S/C12H16N6OS/c19-9-3-8(4-9)10-5-11(15-7-14-10)13-1-2-20-12-6-16-18-17-12/h5-9,19H,1-4H2,(H,13,14,15)(H,16,17,18). The molecule has 7 nitrogen and oxygen atoms in total. The molecule has 0 bridgehead atoms. The fourth-order valence-electron chi connectivity index (χ4n) is 2.12. The Kier molecular flexibility index (Phi) is 4.12. The second-order valence-corrected chi connectivity index (χ2v) is 5.85. The second kappa shape index (κ2) is 6.19. The lowest BCUT2D eigenvalue weighted by Crippen LogP contribution is -2.27. The third kappa shape index (κ3) is 3.26. The van der Waals surface area contributed by atoms with Crippen molar-refractivity contribution in [1.29, 1.82) is 0 Å².